The molecule has 0 aliphatic carbocycles. The summed E-state index contributed by atoms with van der Waals surface area (Å²) in [7, 11) is 1.31. The molecule has 3 aromatic heterocycles. The van der Waals surface area contributed by atoms with E-state index in [1.54, 1.807) is 27.6 Å². The highest BCUT2D eigenvalue weighted by Crippen LogP contribution is 2.21. The van der Waals surface area contributed by atoms with Crippen molar-refractivity contribution in [1.82, 2.24) is 20.5 Å². The molecule has 0 saturated heterocycles. The topological polar surface area (TPSA) is 101 Å². The van der Waals surface area contributed by atoms with Crippen LogP contribution in [-0.2, 0) is 27.4 Å². The Balaban J connectivity index is 1.75. The fourth-order valence-electron chi connectivity index (χ4n) is 3.66. The summed E-state index contributed by atoms with van der Waals surface area (Å²) in [4.78, 5) is 47.2. The van der Waals surface area contributed by atoms with Crippen molar-refractivity contribution in [3.05, 3.63) is 60.9 Å². The van der Waals surface area contributed by atoms with E-state index in [2.05, 4.69) is 15.6 Å². The number of thiazole rings is 1. The molecule has 3 heterocycles. The minimum Gasteiger partial charge on any atom is -0.469 e. The largest absolute Gasteiger partial charge is 0.469 e. The number of nitrogens with one attached hydrogen (secondary N) is 2. The number of unbranched alkanes of at least 4 members (excludes halogenated alkanes) is 1. The number of ether oxygens (including phenoxy) is 1. The maximum absolute atomic E-state index is 13.7. The van der Waals surface area contributed by atoms with Gasteiger partial charge in [0, 0.05) is 15.1 Å². The van der Waals surface area contributed by atoms with Crippen LogP contribution >= 0.6 is 34.0 Å². The maximum atomic E-state index is 13.7. The number of aromatic nitrogens is 1. The number of aryl methyl sites for hydroxylation is 1. The summed E-state index contributed by atoms with van der Waals surface area (Å²) in [5.41, 5.74) is 0.589. The third-order valence-corrected chi connectivity index (χ3v) is 8.03. The zero-order valence-electron chi connectivity index (χ0n) is 20.7. The van der Waals surface area contributed by atoms with Crippen LogP contribution in [0.15, 0.2) is 40.4 Å². The maximum Gasteiger partial charge on any atom is 0.315 e. The Bertz CT molecular complexity index is 1060. The molecule has 11 heteroatoms. The molecular formula is C25H32N4O4S3. The van der Waals surface area contributed by atoms with Gasteiger partial charge >= 0.3 is 12.0 Å². The molecule has 8 nitrogen and oxygen atoms in total. The number of amides is 3. The van der Waals surface area contributed by atoms with Crippen molar-refractivity contribution in [1.29, 1.82) is 0 Å². The van der Waals surface area contributed by atoms with Crippen LogP contribution in [0.1, 0.15) is 59.1 Å². The van der Waals surface area contributed by atoms with Gasteiger partial charge in [0.1, 0.15) is 6.04 Å². The van der Waals surface area contributed by atoms with Gasteiger partial charge in [-0.15, -0.1) is 34.0 Å². The average Bonchev–Trinajstić information content (AvgIpc) is 3.64. The molecule has 3 amide bonds. The highest BCUT2D eigenvalue weighted by atomic mass is 32.1. The van der Waals surface area contributed by atoms with Crippen LogP contribution in [0.3, 0.4) is 0 Å². The van der Waals surface area contributed by atoms with E-state index in [0.29, 0.717) is 25.2 Å². The lowest BCUT2D eigenvalue weighted by molar-refractivity contribution is -0.141. The van der Waals surface area contributed by atoms with E-state index in [4.69, 9.17) is 4.74 Å². The van der Waals surface area contributed by atoms with Gasteiger partial charge in [0.15, 0.2) is 0 Å². The molecular weight excluding hydrogens is 517 g/mol. The van der Waals surface area contributed by atoms with Crippen molar-refractivity contribution in [2.45, 2.75) is 64.7 Å². The predicted molar refractivity (Wildman–Crippen MR) is 144 cm³/mol. The van der Waals surface area contributed by atoms with Gasteiger partial charge < -0.3 is 20.3 Å². The van der Waals surface area contributed by atoms with Gasteiger partial charge in [-0.2, -0.15) is 0 Å². The van der Waals surface area contributed by atoms with Crippen LogP contribution in [0.5, 0.6) is 0 Å². The molecule has 36 heavy (non-hydrogen) atoms. The molecule has 3 rings (SSSR count). The molecule has 0 bridgehead atoms. The summed E-state index contributed by atoms with van der Waals surface area (Å²) in [5, 5.41) is 12.3. The summed E-state index contributed by atoms with van der Waals surface area (Å²) < 4.78 is 4.80. The van der Waals surface area contributed by atoms with Gasteiger partial charge in [-0.1, -0.05) is 31.9 Å². The Morgan fingerprint density at radius 2 is 1.72 bits per heavy atom. The summed E-state index contributed by atoms with van der Waals surface area (Å²) in [6.45, 7) is 4.86. The number of urea groups is 1. The average molecular weight is 549 g/mol. The van der Waals surface area contributed by atoms with Gasteiger partial charge in [-0.3, -0.25) is 9.59 Å². The number of carbonyl (C=O) groups excluding carboxylic acids is 3. The monoisotopic (exact) mass is 548 g/mol. The number of thiophene rings is 2. The summed E-state index contributed by atoms with van der Waals surface area (Å²) >= 11 is 4.64. The van der Waals surface area contributed by atoms with Crippen LogP contribution in [0.25, 0.3) is 0 Å². The highest BCUT2D eigenvalue weighted by molar-refractivity contribution is 7.10. The van der Waals surface area contributed by atoms with E-state index < -0.39 is 24.1 Å². The van der Waals surface area contributed by atoms with Gasteiger partial charge in [-0.05, 0) is 36.2 Å². The number of hydrogen-bond acceptors (Lipinski definition) is 8. The Morgan fingerprint density at radius 3 is 2.22 bits per heavy atom. The Hall–Kier alpha value is -2.76. The zero-order chi connectivity index (χ0) is 25.9. The quantitative estimate of drug-likeness (QED) is 0.284. The first-order chi connectivity index (χ1) is 17.4. The lowest BCUT2D eigenvalue weighted by atomic mass is 10.1. The minimum atomic E-state index is -0.694. The smallest absolute Gasteiger partial charge is 0.315 e. The fourth-order valence-corrected chi connectivity index (χ4v) is 5.76. The van der Waals surface area contributed by atoms with Gasteiger partial charge in [-0.25, -0.2) is 9.78 Å². The van der Waals surface area contributed by atoms with Crippen molar-refractivity contribution in [2.24, 2.45) is 0 Å². The van der Waals surface area contributed by atoms with Crippen LogP contribution < -0.4 is 10.6 Å². The molecule has 0 aliphatic rings. The van der Waals surface area contributed by atoms with E-state index in [1.807, 2.05) is 54.3 Å². The van der Waals surface area contributed by atoms with Crippen molar-refractivity contribution < 1.29 is 19.1 Å². The second kappa shape index (κ2) is 14.1. The molecule has 2 atom stereocenters. The zero-order valence-corrected chi connectivity index (χ0v) is 23.1. The standard InChI is InChI=1S/C25H32N4O4S3/c1-4-5-10-20(24(31)29(14-18-8-6-11-34-18)15-19-9-7-12-35-19)27-25(32)28-21(13-23(30)33-3)22-16-36-17(2)26-22/h6-9,11-12,16,20-21H,4-5,10,13-15H2,1-3H3,(H2,27,28,32)/t20-,21-/m0/s1. The first-order valence-electron chi connectivity index (χ1n) is 11.8. The number of methoxy groups -OCH3 is 1. The number of carbonyl (C=O) groups is 3. The molecule has 0 spiro atoms. The number of esters is 1. The molecule has 0 aliphatic heterocycles. The lowest BCUT2D eigenvalue weighted by Crippen LogP contribution is -2.51. The Kier molecular flexibility index (Phi) is 10.9. The third kappa shape index (κ3) is 8.42. The van der Waals surface area contributed by atoms with Crippen LogP contribution in [-0.4, -0.2) is 40.9 Å². The number of nitrogens with zero attached hydrogens (tertiary/aromatic N) is 2. The van der Waals surface area contributed by atoms with Gasteiger partial charge in [0.2, 0.25) is 5.91 Å². The normalized spacial score (nSPS) is 12.5. The number of rotatable bonds is 13. The predicted octanol–water partition coefficient (Wildman–Crippen LogP) is 5.27. The molecule has 0 saturated carbocycles. The lowest BCUT2D eigenvalue weighted by Gasteiger charge is -2.28. The van der Waals surface area contributed by atoms with E-state index in [9.17, 15) is 14.4 Å². The molecule has 2 N–H and O–H groups in total. The second-order valence-electron chi connectivity index (χ2n) is 8.29. The first kappa shape index (κ1) is 27.8. The van der Waals surface area contributed by atoms with Crippen molar-refractivity contribution >= 4 is 51.9 Å². The van der Waals surface area contributed by atoms with Crippen molar-refractivity contribution in [3.8, 4) is 0 Å². The van der Waals surface area contributed by atoms with Crippen molar-refractivity contribution in [3.63, 3.8) is 0 Å². The SMILES string of the molecule is CCCC[C@H](NC(=O)N[C@@H](CC(=O)OC)c1csc(C)n1)C(=O)N(Cc1cccs1)Cc1cccs1. The van der Waals surface area contributed by atoms with Crippen molar-refractivity contribution in [2.75, 3.05) is 7.11 Å². The molecule has 3 aromatic rings. The molecule has 194 valence electrons. The Labute approximate surface area is 223 Å². The van der Waals surface area contributed by atoms with Gasteiger partial charge in [0.05, 0.1) is 43.4 Å². The van der Waals surface area contributed by atoms with Crippen LogP contribution in [0.4, 0.5) is 4.79 Å². The third-order valence-electron chi connectivity index (χ3n) is 5.51. The summed E-state index contributed by atoms with van der Waals surface area (Å²) in [5.74, 6) is -0.586. The van der Waals surface area contributed by atoms with E-state index in [0.717, 1.165) is 27.6 Å². The number of hydrogen-bond donors (Lipinski definition) is 2. The van der Waals surface area contributed by atoms with Crippen LogP contribution in [0, 0.1) is 6.92 Å². The molecule has 0 fully saturated rings. The minimum absolute atomic E-state index is 0.0520. The fraction of sp³-hybridized carbons (Fsp3) is 0.440. The first-order valence-corrected chi connectivity index (χ1v) is 14.4. The summed E-state index contributed by atoms with van der Waals surface area (Å²) in [6.07, 6.45) is 2.15. The summed E-state index contributed by atoms with van der Waals surface area (Å²) in [6, 6.07) is 6.09. The second-order valence-corrected chi connectivity index (χ2v) is 11.4. The van der Waals surface area contributed by atoms with E-state index >= 15 is 0 Å². The van der Waals surface area contributed by atoms with Crippen LogP contribution in [0.2, 0.25) is 0 Å². The molecule has 0 aromatic carbocycles. The molecule has 0 unspecified atom stereocenters. The highest BCUT2D eigenvalue weighted by Gasteiger charge is 2.28. The Morgan fingerprint density at radius 1 is 1.06 bits per heavy atom. The van der Waals surface area contributed by atoms with E-state index in [1.165, 1.54) is 18.4 Å². The van der Waals surface area contributed by atoms with E-state index in [-0.39, 0.29) is 12.3 Å². The molecule has 0 radical (unpaired) electrons. The van der Waals surface area contributed by atoms with Gasteiger partial charge in [0.25, 0.3) is 0 Å².